The van der Waals surface area contributed by atoms with E-state index in [-0.39, 0.29) is 23.4 Å². The zero-order valence-electron chi connectivity index (χ0n) is 9.81. The van der Waals surface area contributed by atoms with Crippen LogP contribution in [0.15, 0.2) is 21.9 Å². The van der Waals surface area contributed by atoms with Crippen molar-refractivity contribution in [2.75, 3.05) is 12.4 Å². The van der Waals surface area contributed by atoms with Gasteiger partial charge in [0, 0.05) is 5.38 Å². The van der Waals surface area contributed by atoms with E-state index in [0.717, 1.165) is 0 Å². The molecule has 0 aliphatic carbocycles. The Morgan fingerprint density at radius 1 is 1.53 bits per heavy atom. The minimum Gasteiger partial charge on any atom is -0.469 e. The number of thiazole rings is 1. The third-order valence-electron chi connectivity index (χ3n) is 2.12. The summed E-state index contributed by atoms with van der Waals surface area (Å²) in [5.74, 6) is -0.749. The van der Waals surface area contributed by atoms with Gasteiger partial charge in [0.05, 0.1) is 19.2 Å². The molecule has 19 heavy (non-hydrogen) atoms. The monoisotopic (exact) mass is 300 g/mol. The number of furan rings is 1. The van der Waals surface area contributed by atoms with E-state index in [0.29, 0.717) is 10.8 Å². The van der Waals surface area contributed by atoms with Gasteiger partial charge in [-0.3, -0.25) is 14.9 Å². The molecule has 0 unspecified atom stereocenters. The minimum atomic E-state index is -0.453. The van der Waals surface area contributed by atoms with Crippen LogP contribution in [0.2, 0.25) is 5.22 Å². The van der Waals surface area contributed by atoms with Gasteiger partial charge in [0.15, 0.2) is 16.1 Å². The summed E-state index contributed by atoms with van der Waals surface area (Å²) in [6.45, 7) is 0. The Morgan fingerprint density at radius 2 is 2.32 bits per heavy atom. The van der Waals surface area contributed by atoms with Gasteiger partial charge in [-0.1, -0.05) is 0 Å². The highest BCUT2D eigenvalue weighted by atomic mass is 35.5. The SMILES string of the molecule is COC(=O)Cc1csc(NC(=O)c2ccc(Cl)o2)n1. The number of ether oxygens (including phenoxy) is 1. The lowest BCUT2D eigenvalue weighted by Crippen LogP contribution is -2.11. The first kappa shape index (κ1) is 13.6. The lowest BCUT2D eigenvalue weighted by molar-refractivity contribution is -0.139. The summed E-state index contributed by atoms with van der Waals surface area (Å²) in [5, 5.41) is 4.72. The Morgan fingerprint density at radius 3 is 2.95 bits per heavy atom. The van der Waals surface area contributed by atoms with Crippen LogP contribution < -0.4 is 5.32 Å². The standard InChI is InChI=1S/C11H9ClN2O4S/c1-17-9(15)4-6-5-19-11(13-6)14-10(16)7-2-3-8(12)18-7/h2-3,5H,4H2,1H3,(H,13,14,16). The number of carbonyl (C=O) groups is 2. The van der Waals surface area contributed by atoms with Crippen LogP contribution in [0.4, 0.5) is 5.13 Å². The summed E-state index contributed by atoms with van der Waals surface area (Å²) < 4.78 is 9.49. The van der Waals surface area contributed by atoms with E-state index in [9.17, 15) is 9.59 Å². The number of halogens is 1. The van der Waals surface area contributed by atoms with Crippen LogP contribution in [0.25, 0.3) is 0 Å². The summed E-state index contributed by atoms with van der Waals surface area (Å²) in [5.41, 5.74) is 0.532. The first-order valence-corrected chi connectivity index (χ1v) is 6.42. The molecule has 0 fully saturated rings. The van der Waals surface area contributed by atoms with Crippen molar-refractivity contribution in [1.29, 1.82) is 0 Å². The Labute approximate surface area is 117 Å². The third kappa shape index (κ3) is 3.55. The molecular formula is C11H9ClN2O4S. The molecule has 1 N–H and O–H groups in total. The molecule has 2 aromatic rings. The van der Waals surface area contributed by atoms with Crippen LogP contribution in [0, 0.1) is 0 Å². The molecule has 0 bridgehead atoms. The van der Waals surface area contributed by atoms with Gasteiger partial charge in [0.25, 0.3) is 5.91 Å². The predicted molar refractivity (Wildman–Crippen MR) is 69.5 cm³/mol. The molecule has 0 aliphatic heterocycles. The Bertz CT molecular complexity index is 607. The second-order valence-electron chi connectivity index (χ2n) is 3.45. The van der Waals surface area contributed by atoms with Gasteiger partial charge < -0.3 is 9.15 Å². The molecule has 0 aromatic carbocycles. The number of hydrogen-bond acceptors (Lipinski definition) is 6. The van der Waals surface area contributed by atoms with Crippen molar-refractivity contribution < 1.29 is 18.7 Å². The molecule has 100 valence electrons. The fourth-order valence-electron chi connectivity index (χ4n) is 1.26. The number of anilines is 1. The highest BCUT2D eigenvalue weighted by Crippen LogP contribution is 2.19. The van der Waals surface area contributed by atoms with Crippen molar-refractivity contribution in [1.82, 2.24) is 4.98 Å². The Balaban J connectivity index is 2.00. The molecule has 2 heterocycles. The highest BCUT2D eigenvalue weighted by molar-refractivity contribution is 7.14. The maximum Gasteiger partial charge on any atom is 0.311 e. The van der Waals surface area contributed by atoms with Crippen molar-refractivity contribution in [2.24, 2.45) is 0 Å². The number of hydrogen-bond donors (Lipinski definition) is 1. The maximum absolute atomic E-state index is 11.7. The lowest BCUT2D eigenvalue weighted by Gasteiger charge is -1.97. The number of nitrogens with zero attached hydrogens (tertiary/aromatic N) is 1. The van der Waals surface area contributed by atoms with Gasteiger partial charge in [0.2, 0.25) is 0 Å². The zero-order chi connectivity index (χ0) is 13.8. The topological polar surface area (TPSA) is 81.4 Å². The van der Waals surface area contributed by atoms with Crippen LogP contribution in [-0.4, -0.2) is 24.0 Å². The first-order valence-electron chi connectivity index (χ1n) is 5.16. The molecular weight excluding hydrogens is 292 g/mol. The number of amides is 1. The van der Waals surface area contributed by atoms with Crippen LogP contribution in [0.5, 0.6) is 0 Å². The molecule has 0 saturated carbocycles. The smallest absolute Gasteiger partial charge is 0.311 e. The van der Waals surface area contributed by atoms with E-state index < -0.39 is 5.91 Å². The molecule has 0 radical (unpaired) electrons. The summed E-state index contributed by atoms with van der Waals surface area (Å²) in [6, 6.07) is 2.93. The first-order chi connectivity index (χ1) is 9.08. The van der Waals surface area contributed by atoms with Gasteiger partial charge in [-0.15, -0.1) is 11.3 Å². The number of nitrogens with one attached hydrogen (secondary N) is 1. The summed E-state index contributed by atoms with van der Waals surface area (Å²) in [4.78, 5) is 26.9. The number of aromatic nitrogens is 1. The van der Waals surface area contributed by atoms with Gasteiger partial charge in [-0.2, -0.15) is 0 Å². The van der Waals surface area contributed by atoms with Crippen LogP contribution in [0.1, 0.15) is 16.2 Å². The number of rotatable bonds is 4. The molecule has 6 nitrogen and oxygen atoms in total. The zero-order valence-corrected chi connectivity index (χ0v) is 11.4. The third-order valence-corrected chi connectivity index (χ3v) is 3.13. The van der Waals surface area contributed by atoms with Crippen molar-refractivity contribution >= 4 is 39.9 Å². The normalized spacial score (nSPS) is 10.2. The molecule has 0 spiro atoms. The average Bonchev–Trinajstić information content (AvgIpc) is 2.98. The van der Waals surface area contributed by atoms with Crippen LogP contribution in [0.3, 0.4) is 0 Å². The largest absolute Gasteiger partial charge is 0.469 e. The molecule has 0 aliphatic rings. The Kier molecular flexibility index (Phi) is 4.18. The number of esters is 1. The summed E-state index contributed by atoms with van der Waals surface area (Å²) >= 11 is 6.78. The molecule has 2 aromatic heterocycles. The maximum atomic E-state index is 11.7. The van der Waals surface area contributed by atoms with Crippen molar-refractivity contribution in [3.05, 3.63) is 34.2 Å². The number of carbonyl (C=O) groups excluding carboxylic acids is 2. The quantitative estimate of drug-likeness (QED) is 0.877. The number of methoxy groups -OCH3 is 1. The van der Waals surface area contributed by atoms with Crippen LogP contribution >= 0.6 is 22.9 Å². The van der Waals surface area contributed by atoms with E-state index in [1.165, 1.54) is 30.6 Å². The van der Waals surface area contributed by atoms with E-state index in [2.05, 4.69) is 15.0 Å². The van der Waals surface area contributed by atoms with Gasteiger partial charge in [0.1, 0.15) is 0 Å². The fourth-order valence-corrected chi connectivity index (χ4v) is 2.11. The van der Waals surface area contributed by atoms with E-state index in [1.807, 2.05) is 0 Å². The van der Waals surface area contributed by atoms with Gasteiger partial charge in [-0.05, 0) is 23.7 Å². The van der Waals surface area contributed by atoms with E-state index in [1.54, 1.807) is 5.38 Å². The Hall–Kier alpha value is -1.86. The molecule has 1 amide bonds. The van der Waals surface area contributed by atoms with Crippen molar-refractivity contribution in [3.8, 4) is 0 Å². The highest BCUT2D eigenvalue weighted by Gasteiger charge is 2.13. The lowest BCUT2D eigenvalue weighted by atomic mass is 10.3. The predicted octanol–water partition coefficient (Wildman–Crippen LogP) is 2.36. The average molecular weight is 301 g/mol. The summed E-state index contributed by atoms with van der Waals surface area (Å²) in [7, 11) is 1.30. The molecule has 0 saturated heterocycles. The minimum absolute atomic E-state index is 0.0649. The van der Waals surface area contributed by atoms with Gasteiger partial charge >= 0.3 is 5.97 Å². The molecule has 8 heteroatoms. The second kappa shape index (κ2) is 5.85. The fraction of sp³-hybridized carbons (Fsp3) is 0.182. The van der Waals surface area contributed by atoms with Crippen LogP contribution in [-0.2, 0) is 16.0 Å². The molecule has 2 rings (SSSR count). The van der Waals surface area contributed by atoms with Crippen molar-refractivity contribution in [3.63, 3.8) is 0 Å². The molecule has 0 atom stereocenters. The second-order valence-corrected chi connectivity index (χ2v) is 4.69. The van der Waals surface area contributed by atoms with Crippen molar-refractivity contribution in [2.45, 2.75) is 6.42 Å². The van der Waals surface area contributed by atoms with Gasteiger partial charge in [-0.25, -0.2) is 4.98 Å². The van der Waals surface area contributed by atoms with E-state index in [4.69, 9.17) is 16.0 Å². The van der Waals surface area contributed by atoms with E-state index >= 15 is 0 Å². The summed E-state index contributed by atoms with van der Waals surface area (Å²) in [6.07, 6.45) is 0.0649.